The summed E-state index contributed by atoms with van der Waals surface area (Å²) < 4.78 is 10.7. The van der Waals surface area contributed by atoms with Crippen molar-refractivity contribution in [1.29, 1.82) is 0 Å². The zero-order valence-corrected chi connectivity index (χ0v) is 17.1. The summed E-state index contributed by atoms with van der Waals surface area (Å²) in [4.78, 5) is 8.92. The van der Waals surface area contributed by atoms with Crippen LogP contribution in [0.1, 0.15) is 17.0 Å². The van der Waals surface area contributed by atoms with Crippen LogP contribution in [0, 0.1) is 13.8 Å². The third-order valence-corrected chi connectivity index (χ3v) is 4.43. The van der Waals surface area contributed by atoms with Gasteiger partial charge in [-0.25, -0.2) is 9.97 Å². The average molecular weight is 399 g/mol. The van der Waals surface area contributed by atoms with E-state index in [1.165, 1.54) is 11.1 Å². The second kappa shape index (κ2) is 8.80. The second-order valence-corrected chi connectivity index (χ2v) is 6.75. The van der Waals surface area contributed by atoms with Gasteiger partial charge in [-0.2, -0.15) is 0 Å². The van der Waals surface area contributed by atoms with Crippen molar-refractivity contribution in [2.45, 2.75) is 20.4 Å². The maximum Gasteiger partial charge on any atom is 0.144 e. The quantitative estimate of drug-likeness (QED) is 0.575. The van der Waals surface area contributed by atoms with Crippen molar-refractivity contribution in [3.05, 3.63) is 64.4 Å². The first kappa shape index (κ1) is 19.8. The number of nitrogens with zero attached hydrogens (tertiary/aromatic N) is 2. The molecule has 0 aliphatic rings. The zero-order valence-electron chi connectivity index (χ0n) is 16.3. The predicted octanol–water partition coefficient (Wildman–Crippen LogP) is 5.12. The lowest BCUT2D eigenvalue weighted by Gasteiger charge is -2.15. The minimum atomic E-state index is 0.476. The molecule has 0 amide bonds. The van der Waals surface area contributed by atoms with E-state index in [0.29, 0.717) is 40.4 Å². The van der Waals surface area contributed by atoms with Crippen LogP contribution in [-0.4, -0.2) is 24.2 Å². The van der Waals surface area contributed by atoms with Gasteiger partial charge in [0.05, 0.1) is 24.9 Å². The van der Waals surface area contributed by atoms with E-state index >= 15 is 0 Å². The van der Waals surface area contributed by atoms with Crippen LogP contribution < -0.4 is 20.1 Å². The predicted molar refractivity (Wildman–Crippen MR) is 113 cm³/mol. The smallest absolute Gasteiger partial charge is 0.144 e. The van der Waals surface area contributed by atoms with Gasteiger partial charge in [0.2, 0.25) is 0 Å². The summed E-state index contributed by atoms with van der Waals surface area (Å²) >= 11 is 6.18. The molecule has 3 rings (SSSR count). The Morgan fingerprint density at radius 3 is 2.39 bits per heavy atom. The lowest BCUT2D eigenvalue weighted by atomic mass is 10.1. The molecular formula is C21H23ClN4O2. The third-order valence-electron chi connectivity index (χ3n) is 4.13. The number of methoxy groups -OCH3 is 2. The summed E-state index contributed by atoms with van der Waals surface area (Å²) in [6, 6.07) is 13.7. The fourth-order valence-corrected chi connectivity index (χ4v) is 3.06. The van der Waals surface area contributed by atoms with E-state index in [1.807, 2.05) is 19.1 Å². The van der Waals surface area contributed by atoms with Crippen LogP contribution in [-0.2, 0) is 6.54 Å². The van der Waals surface area contributed by atoms with Crippen LogP contribution in [0.25, 0.3) is 0 Å². The van der Waals surface area contributed by atoms with E-state index in [4.69, 9.17) is 21.1 Å². The van der Waals surface area contributed by atoms with E-state index in [1.54, 1.807) is 26.4 Å². The monoisotopic (exact) mass is 398 g/mol. The number of hydrogen-bond donors (Lipinski definition) is 2. The first-order chi connectivity index (χ1) is 13.5. The van der Waals surface area contributed by atoms with Gasteiger partial charge in [-0.1, -0.05) is 41.4 Å². The normalized spacial score (nSPS) is 10.5. The van der Waals surface area contributed by atoms with E-state index in [-0.39, 0.29) is 0 Å². The summed E-state index contributed by atoms with van der Waals surface area (Å²) in [6.07, 6.45) is 0. The summed E-state index contributed by atoms with van der Waals surface area (Å²) in [7, 11) is 3.16. The van der Waals surface area contributed by atoms with Crippen LogP contribution in [0.4, 0.5) is 17.3 Å². The van der Waals surface area contributed by atoms with Crippen molar-refractivity contribution in [2.75, 3.05) is 24.9 Å². The summed E-state index contributed by atoms with van der Waals surface area (Å²) in [5.74, 6) is 3.17. The lowest BCUT2D eigenvalue weighted by Crippen LogP contribution is -2.05. The van der Waals surface area contributed by atoms with Crippen molar-refractivity contribution >= 4 is 28.9 Å². The topological polar surface area (TPSA) is 68.3 Å². The Morgan fingerprint density at radius 1 is 0.929 bits per heavy atom. The molecule has 0 fully saturated rings. The van der Waals surface area contributed by atoms with Crippen LogP contribution in [0.3, 0.4) is 0 Å². The summed E-state index contributed by atoms with van der Waals surface area (Å²) in [5, 5.41) is 7.08. The van der Waals surface area contributed by atoms with Crippen LogP contribution in [0.5, 0.6) is 11.5 Å². The highest BCUT2D eigenvalue weighted by Gasteiger charge is 2.12. The maximum atomic E-state index is 6.18. The Labute approximate surface area is 169 Å². The molecule has 0 aliphatic carbocycles. The number of benzene rings is 2. The number of hydrogen-bond acceptors (Lipinski definition) is 6. The molecule has 28 heavy (non-hydrogen) atoms. The summed E-state index contributed by atoms with van der Waals surface area (Å²) in [6.45, 7) is 4.60. The standard InChI is InChI=1S/C21H23ClN4O2/c1-13-6-5-7-15(8-13)12-23-20-11-21(25-14(2)24-20)26-17-10-18(27-3)16(22)9-19(17)28-4/h5-11H,12H2,1-4H3,(H2,23,24,25,26). The zero-order chi connectivity index (χ0) is 20.1. The van der Waals surface area contributed by atoms with Crippen molar-refractivity contribution in [3.63, 3.8) is 0 Å². The van der Waals surface area contributed by atoms with Gasteiger partial charge in [0.1, 0.15) is 29.0 Å². The lowest BCUT2D eigenvalue weighted by molar-refractivity contribution is 0.405. The van der Waals surface area contributed by atoms with Crippen molar-refractivity contribution < 1.29 is 9.47 Å². The van der Waals surface area contributed by atoms with E-state index in [2.05, 4.69) is 45.7 Å². The molecule has 146 valence electrons. The highest BCUT2D eigenvalue weighted by molar-refractivity contribution is 6.32. The van der Waals surface area contributed by atoms with Crippen LogP contribution in [0.2, 0.25) is 5.02 Å². The molecule has 3 aromatic rings. The minimum Gasteiger partial charge on any atom is -0.495 e. The SMILES string of the molecule is COc1cc(Nc2cc(NCc3cccc(C)c3)nc(C)n2)c(OC)cc1Cl. The number of rotatable bonds is 7. The van der Waals surface area contributed by atoms with Gasteiger partial charge in [0, 0.05) is 24.7 Å². The Balaban J connectivity index is 1.82. The second-order valence-electron chi connectivity index (χ2n) is 6.34. The van der Waals surface area contributed by atoms with Gasteiger partial charge in [0.25, 0.3) is 0 Å². The molecule has 0 unspecified atom stereocenters. The molecule has 0 atom stereocenters. The third kappa shape index (κ3) is 4.84. The van der Waals surface area contributed by atoms with Gasteiger partial charge >= 0.3 is 0 Å². The fraction of sp³-hybridized carbons (Fsp3) is 0.238. The maximum absolute atomic E-state index is 6.18. The first-order valence-electron chi connectivity index (χ1n) is 8.82. The molecule has 0 aliphatic heterocycles. The summed E-state index contributed by atoms with van der Waals surface area (Å²) in [5.41, 5.74) is 3.12. The number of aryl methyl sites for hydroxylation is 2. The average Bonchev–Trinajstić information content (AvgIpc) is 2.67. The van der Waals surface area contributed by atoms with Crippen LogP contribution >= 0.6 is 11.6 Å². The fourth-order valence-electron chi connectivity index (χ4n) is 2.83. The number of ether oxygens (including phenoxy) is 2. The molecule has 7 heteroatoms. The number of aromatic nitrogens is 2. The van der Waals surface area contributed by atoms with Gasteiger partial charge in [-0.05, 0) is 19.4 Å². The molecule has 0 spiro atoms. The molecule has 2 aromatic carbocycles. The van der Waals surface area contributed by atoms with Gasteiger partial charge < -0.3 is 20.1 Å². The highest BCUT2D eigenvalue weighted by atomic mass is 35.5. The molecule has 2 N–H and O–H groups in total. The molecule has 0 saturated carbocycles. The van der Waals surface area contributed by atoms with Crippen molar-refractivity contribution in [2.24, 2.45) is 0 Å². The van der Waals surface area contributed by atoms with E-state index in [9.17, 15) is 0 Å². The van der Waals surface area contributed by atoms with Gasteiger partial charge in [0.15, 0.2) is 0 Å². The molecular weight excluding hydrogens is 376 g/mol. The first-order valence-corrected chi connectivity index (χ1v) is 9.20. The Hall–Kier alpha value is -2.99. The number of anilines is 3. The highest BCUT2D eigenvalue weighted by Crippen LogP contribution is 2.37. The van der Waals surface area contributed by atoms with Gasteiger partial charge in [-0.15, -0.1) is 0 Å². The molecule has 1 aromatic heterocycles. The largest absolute Gasteiger partial charge is 0.495 e. The van der Waals surface area contributed by atoms with Crippen LogP contribution in [0.15, 0.2) is 42.5 Å². The Morgan fingerprint density at radius 2 is 1.68 bits per heavy atom. The van der Waals surface area contributed by atoms with Gasteiger partial charge in [-0.3, -0.25) is 0 Å². The number of halogens is 1. The number of nitrogens with one attached hydrogen (secondary N) is 2. The van der Waals surface area contributed by atoms with E-state index < -0.39 is 0 Å². The van der Waals surface area contributed by atoms with Crippen molar-refractivity contribution in [1.82, 2.24) is 9.97 Å². The molecule has 1 heterocycles. The minimum absolute atomic E-state index is 0.476. The molecule has 0 saturated heterocycles. The molecule has 6 nitrogen and oxygen atoms in total. The Kier molecular flexibility index (Phi) is 6.21. The molecule has 0 radical (unpaired) electrons. The van der Waals surface area contributed by atoms with E-state index in [0.717, 1.165) is 5.82 Å². The molecule has 0 bridgehead atoms. The Bertz CT molecular complexity index is 979. The van der Waals surface area contributed by atoms with Crippen molar-refractivity contribution in [3.8, 4) is 11.5 Å².